The first kappa shape index (κ1) is 29.4. The highest BCUT2D eigenvalue weighted by Crippen LogP contribution is 2.24. The van der Waals surface area contributed by atoms with Crippen molar-refractivity contribution in [1.29, 1.82) is 0 Å². The Morgan fingerprint density at radius 2 is 1.76 bits per heavy atom. The van der Waals surface area contributed by atoms with Crippen LogP contribution in [0.2, 0.25) is 5.15 Å². The van der Waals surface area contributed by atoms with Crippen LogP contribution in [0.25, 0.3) is 0 Å². The number of ether oxygens (including phenoxy) is 1. The fourth-order valence-corrected chi connectivity index (χ4v) is 4.74. The fourth-order valence-electron chi connectivity index (χ4n) is 4.48. The summed E-state index contributed by atoms with van der Waals surface area (Å²) in [6, 6.07) is 17.7. The Morgan fingerprint density at radius 3 is 2.42 bits per heavy atom. The average molecular weight is 540 g/mol. The maximum atomic E-state index is 12.4. The minimum atomic E-state index is -0.308. The zero-order valence-corrected chi connectivity index (χ0v) is 23.0. The Hall–Kier alpha value is -3.16. The molecule has 3 aromatic rings. The van der Waals surface area contributed by atoms with Crippen LogP contribution >= 0.6 is 11.6 Å². The van der Waals surface area contributed by atoms with E-state index < -0.39 is 0 Å². The molecule has 0 saturated carbocycles. The molecule has 0 bridgehead atoms. The summed E-state index contributed by atoms with van der Waals surface area (Å²) in [5, 5.41) is 13.1. The van der Waals surface area contributed by atoms with E-state index in [9.17, 15) is 14.7 Å². The summed E-state index contributed by atoms with van der Waals surface area (Å²) in [4.78, 5) is 29.0. The number of aryl methyl sites for hydroxylation is 1. The molecule has 2 N–H and O–H groups in total. The number of unbranched alkanes of at least 4 members (excludes halogenated alkanes) is 2. The van der Waals surface area contributed by atoms with Crippen molar-refractivity contribution < 1.29 is 19.4 Å². The molecule has 8 heteroatoms. The number of rotatable bonds is 15. The van der Waals surface area contributed by atoms with Gasteiger partial charge < -0.3 is 19.7 Å². The molecule has 204 valence electrons. The van der Waals surface area contributed by atoms with Gasteiger partial charge in [0.15, 0.2) is 5.15 Å². The van der Waals surface area contributed by atoms with Gasteiger partial charge in [0.25, 0.3) is 0 Å². The fraction of sp³-hybridized carbons (Fsp3) is 0.433. The number of aliphatic hydroxyl groups excluding tert-OH is 1. The van der Waals surface area contributed by atoms with Gasteiger partial charge in [-0.3, -0.25) is 9.59 Å². The van der Waals surface area contributed by atoms with Crippen LogP contribution in [0.15, 0.2) is 54.6 Å². The molecular formula is C30H38ClN3O4. The van der Waals surface area contributed by atoms with E-state index in [0.717, 1.165) is 48.2 Å². The second-order valence-corrected chi connectivity index (χ2v) is 9.80. The Labute approximate surface area is 230 Å². The summed E-state index contributed by atoms with van der Waals surface area (Å²) < 4.78 is 6.97. The van der Waals surface area contributed by atoms with E-state index in [-0.39, 0.29) is 24.4 Å². The Bertz CT molecular complexity index is 1160. The summed E-state index contributed by atoms with van der Waals surface area (Å²) in [5.74, 6) is 0.325. The summed E-state index contributed by atoms with van der Waals surface area (Å²) in [7, 11) is 1.41. The molecule has 0 aliphatic heterocycles. The Balaban J connectivity index is 1.45. The maximum Gasteiger partial charge on any atom is 0.313 e. The lowest BCUT2D eigenvalue weighted by atomic mass is 9.93. The van der Waals surface area contributed by atoms with Crippen molar-refractivity contribution >= 4 is 23.5 Å². The molecule has 0 aliphatic rings. The lowest BCUT2D eigenvalue weighted by Crippen LogP contribution is -2.22. The van der Waals surface area contributed by atoms with Crippen molar-refractivity contribution in [3.8, 4) is 0 Å². The standard InChI is InChI=1S/C30H38ClN3O4/c1-3-4-13-27-33-29(31)26(21-35)34(27)20-23-17-15-22(16-18-23)19-32-28(36)14-9-8-12-25(30(37)38-2)24-10-6-5-7-11-24/h5-7,10-11,15-18,25,35H,3-4,8-9,12-14,19-21H2,1-2H3,(H,32,36)/t25-/m0/s1. The Morgan fingerprint density at radius 1 is 1.05 bits per heavy atom. The van der Waals surface area contributed by atoms with Gasteiger partial charge in [-0.25, -0.2) is 4.98 Å². The SMILES string of the molecule is CCCCc1nc(Cl)c(CO)n1Cc1ccc(CNC(=O)CCCC[C@H](C(=O)OC)c2ccccc2)cc1. The van der Waals surface area contributed by atoms with Crippen molar-refractivity contribution in [3.63, 3.8) is 0 Å². The molecule has 7 nitrogen and oxygen atoms in total. The number of hydrogen-bond donors (Lipinski definition) is 2. The zero-order valence-electron chi connectivity index (χ0n) is 22.3. The van der Waals surface area contributed by atoms with Crippen molar-refractivity contribution in [2.24, 2.45) is 0 Å². The van der Waals surface area contributed by atoms with Gasteiger partial charge in [-0.15, -0.1) is 0 Å². The molecule has 0 spiro atoms. The molecule has 1 heterocycles. The third kappa shape index (κ3) is 8.43. The monoisotopic (exact) mass is 539 g/mol. The van der Waals surface area contributed by atoms with Crippen LogP contribution in [0, 0.1) is 0 Å². The first-order valence-corrected chi connectivity index (χ1v) is 13.7. The molecule has 1 amide bonds. The number of nitrogens with zero attached hydrogens (tertiary/aromatic N) is 2. The summed E-state index contributed by atoms with van der Waals surface area (Å²) in [6.45, 7) is 3.01. The number of nitrogens with one attached hydrogen (secondary N) is 1. The van der Waals surface area contributed by atoms with Gasteiger partial charge in [-0.1, -0.05) is 86.0 Å². The van der Waals surface area contributed by atoms with Crippen LogP contribution in [0.1, 0.15) is 79.6 Å². The first-order chi connectivity index (χ1) is 18.5. The molecule has 1 aromatic heterocycles. The number of halogens is 1. The molecule has 3 rings (SSSR count). The number of carbonyl (C=O) groups is 2. The maximum absolute atomic E-state index is 12.4. The highest BCUT2D eigenvalue weighted by molar-refractivity contribution is 6.30. The second kappa shape index (κ2) is 15.3. The number of imidazole rings is 1. The number of aliphatic hydroxyl groups is 1. The summed E-state index contributed by atoms with van der Waals surface area (Å²) >= 11 is 6.25. The third-order valence-electron chi connectivity index (χ3n) is 6.69. The smallest absolute Gasteiger partial charge is 0.313 e. The number of carbonyl (C=O) groups excluding carboxylic acids is 2. The highest BCUT2D eigenvalue weighted by atomic mass is 35.5. The van der Waals surface area contributed by atoms with Gasteiger partial charge in [0.2, 0.25) is 5.91 Å². The van der Waals surface area contributed by atoms with E-state index in [4.69, 9.17) is 16.3 Å². The van der Waals surface area contributed by atoms with Crippen LogP contribution in [-0.4, -0.2) is 33.6 Å². The van der Waals surface area contributed by atoms with E-state index in [1.807, 2.05) is 59.2 Å². The van der Waals surface area contributed by atoms with Gasteiger partial charge in [0.05, 0.1) is 25.3 Å². The van der Waals surface area contributed by atoms with Gasteiger partial charge >= 0.3 is 5.97 Å². The summed E-state index contributed by atoms with van der Waals surface area (Å²) in [5.41, 5.74) is 3.65. The van der Waals surface area contributed by atoms with E-state index in [0.29, 0.717) is 43.2 Å². The number of benzene rings is 2. The van der Waals surface area contributed by atoms with E-state index >= 15 is 0 Å². The van der Waals surface area contributed by atoms with E-state index in [1.165, 1.54) is 7.11 Å². The quantitative estimate of drug-likeness (QED) is 0.195. The summed E-state index contributed by atoms with van der Waals surface area (Å²) in [6.07, 6.45) is 5.39. The van der Waals surface area contributed by atoms with Gasteiger partial charge in [-0.05, 0) is 36.0 Å². The number of esters is 1. The third-order valence-corrected chi connectivity index (χ3v) is 7.00. The van der Waals surface area contributed by atoms with Crippen molar-refractivity contribution in [2.45, 2.75) is 77.5 Å². The Kier molecular flexibility index (Phi) is 11.8. The minimum absolute atomic E-state index is 0.00961. The predicted octanol–water partition coefficient (Wildman–Crippen LogP) is 5.55. The number of methoxy groups -OCH3 is 1. The van der Waals surface area contributed by atoms with Gasteiger partial charge in [0, 0.05) is 25.9 Å². The normalized spacial score (nSPS) is 11.8. The highest BCUT2D eigenvalue weighted by Gasteiger charge is 2.21. The zero-order chi connectivity index (χ0) is 27.3. The van der Waals surface area contributed by atoms with Crippen molar-refractivity contribution in [3.05, 3.63) is 88.0 Å². The first-order valence-electron chi connectivity index (χ1n) is 13.3. The largest absolute Gasteiger partial charge is 0.469 e. The molecule has 0 unspecified atom stereocenters. The lowest BCUT2D eigenvalue weighted by molar-refractivity contribution is -0.142. The molecule has 38 heavy (non-hydrogen) atoms. The van der Waals surface area contributed by atoms with Crippen LogP contribution in [0.3, 0.4) is 0 Å². The molecule has 0 fully saturated rings. The molecule has 2 aromatic carbocycles. The van der Waals surface area contributed by atoms with Crippen LogP contribution in [0.4, 0.5) is 0 Å². The van der Waals surface area contributed by atoms with Crippen LogP contribution in [-0.2, 0) is 40.4 Å². The molecule has 1 atom stereocenters. The van der Waals surface area contributed by atoms with Crippen LogP contribution in [0.5, 0.6) is 0 Å². The molecular weight excluding hydrogens is 502 g/mol. The number of hydrogen-bond acceptors (Lipinski definition) is 5. The van der Waals surface area contributed by atoms with Crippen molar-refractivity contribution in [1.82, 2.24) is 14.9 Å². The average Bonchev–Trinajstić information content (AvgIpc) is 3.24. The van der Waals surface area contributed by atoms with E-state index in [1.54, 1.807) is 0 Å². The molecule has 0 aliphatic carbocycles. The van der Waals surface area contributed by atoms with E-state index in [2.05, 4.69) is 17.2 Å². The van der Waals surface area contributed by atoms with Crippen LogP contribution < -0.4 is 5.32 Å². The predicted molar refractivity (Wildman–Crippen MR) is 149 cm³/mol. The minimum Gasteiger partial charge on any atom is -0.469 e. The number of amides is 1. The van der Waals surface area contributed by atoms with Gasteiger partial charge in [-0.2, -0.15) is 0 Å². The van der Waals surface area contributed by atoms with Crippen molar-refractivity contribution in [2.75, 3.05) is 7.11 Å². The lowest BCUT2D eigenvalue weighted by Gasteiger charge is -2.15. The van der Waals surface area contributed by atoms with Gasteiger partial charge in [0.1, 0.15) is 5.82 Å². The molecule has 0 saturated heterocycles. The topological polar surface area (TPSA) is 93.5 Å². The molecule has 0 radical (unpaired) electrons. The number of aromatic nitrogens is 2. The second-order valence-electron chi connectivity index (χ2n) is 9.44.